The molecule has 0 radical (unpaired) electrons. The van der Waals surface area contributed by atoms with Crippen LogP contribution >= 0.6 is 15.9 Å². The van der Waals surface area contributed by atoms with Crippen LogP contribution < -0.4 is 0 Å². The quantitative estimate of drug-likeness (QED) is 0.769. The van der Waals surface area contributed by atoms with Gasteiger partial charge in [0, 0.05) is 10.0 Å². The number of nitrogens with zero attached hydrogens (tertiary/aromatic N) is 1. The minimum absolute atomic E-state index is 0.290. The van der Waals surface area contributed by atoms with Crippen LogP contribution in [-0.4, -0.2) is 14.7 Å². The van der Waals surface area contributed by atoms with Crippen molar-refractivity contribution in [3.05, 3.63) is 33.5 Å². The van der Waals surface area contributed by atoms with Crippen molar-refractivity contribution in [2.75, 3.05) is 0 Å². The van der Waals surface area contributed by atoms with Gasteiger partial charge in [0.25, 0.3) is 0 Å². The number of aryl methyl sites for hydroxylation is 1. The van der Waals surface area contributed by atoms with Gasteiger partial charge in [0.05, 0.1) is 10.5 Å². The van der Waals surface area contributed by atoms with Gasteiger partial charge in [-0.15, -0.1) is 0 Å². The van der Waals surface area contributed by atoms with Crippen molar-refractivity contribution < 1.29 is 8.60 Å². The average Bonchev–Trinajstić information content (AvgIpc) is 2.59. The Morgan fingerprint density at radius 1 is 1.33 bits per heavy atom. The van der Waals surface area contributed by atoms with E-state index in [-0.39, 0.29) is 5.82 Å². The number of rotatable bonds is 1. The molecular formula is C13H15BrFNOS. The Labute approximate surface area is 117 Å². The van der Waals surface area contributed by atoms with Crippen molar-refractivity contribution in [3.63, 3.8) is 0 Å². The predicted octanol–water partition coefficient (Wildman–Crippen LogP) is 3.79. The molecule has 0 heterocycles. The Morgan fingerprint density at radius 2 is 2.00 bits per heavy atom. The van der Waals surface area contributed by atoms with Gasteiger partial charge in [0.2, 0.25) is 0 Å². The lowest BCUT2D eigenvalue weighted by Crippen LogP contribution is -2.21. The molecule has 0 saturated carbocycles. The van der Waals surface area contributed by atoms with Crippen LogP contribution in [0.2, 0.25) is 0 Å². The van der Waals surface area contributed by atoms with E-state index in [1.807, 2.05) is 26.8 Å². The molecule has 18 heavy (non-hydrogen) atoms. The fraction of sp³-hybridized carbons (Fsp3) is 0.462. The molecule has 0 amide bonds. The van der Waals surface area contributed by atoms with Gasteiger partial charge in [-0.2, -0.15) is 4.40 Å². The largest absolute Gasteiger partial charge is 0.234 e. The lowest BCUT2D eigenvalue weighted by Gasteiger charge is -2.14. The molecule has 0 N–H and O–H groups in total. The summed E-state index contributed by atoms with van der Waals surface area (Å²) in [4.78, 5) is 0. The molecule has 0 spiro atoms. The molecular weight excluding hydrogens is 317 g/mol. The van der Waals surface area contributed by atoms with Crippen LogP contribution in [-0.2, 0) is 17.4 Å². The van der Waals surface area contributed by atoms with E-state index in [2.05, 4.69) is 20.3 Å². The van der Waals surface area contributed by atoms with Gasteiger partial charge in [-0.25, -0.2) is 8.60 Å². The molecule has 0 bridgehead atoms. The number of hydrogen-bond donors (Lipinski definition) is 0. The van der Waals surface area contributed by atoms with E-state index in [4.69, 9.17) is 0 Å². The van der Waals surface area contributed by atoms with Gasteiger partial charge in [-0.1, -0.05) is 15.9 Å². The van der Waals surface area contributed by atoms with Crippen molar-refractivity contribution in [1.82, 2.24) is 0 Å². The highest BCUT2D eigenvalue weighted by molar-refractivity contribution is 9.10. The number of fused-ring (bicyclic) bond motifs is 1. The predicted molar refractivity (Wildman–Crippen MR) is 76.9 cm³/mol. The lowest BCUT2D eigenvalue weighted by atomic mass is 10.1. The molecule has 1 aromatic rings. The first kappa shape index (κ1) is 13.9. The highest BCUT2D eigenvalue weighted by Gasteiger charge is 2.26. The molecule has 0 unspecified atom stereocenters. The van der Waals surface area contributed by atoms with Crippen molar-refractivity contribution in [2.45, 2.75) is 38.4 Å². The number of benzene rings is 1. The topological polar surface area (TPSA) is 29.4 Å². The van der Waals surface area contributed by atoms with Crippen LogP contribution in [0.4, 0.5) is 4.39 Å². The Kier molecular flexibility index (Phi) is 3.74. The fourth-order valence-corrected chi connectivity index (χ4v) is 2.99. The molecule has 0 saturated heterocycles. The molecule has 2 rings (SSSR count). The smallest absolute Gasteiger partial charge is 0.145 e. The molecule has 5 heteroatoms. The summed E-state index contributed by atoms with van der Waals surface area (Å²) in [6.07, 6.45) is 1.41. The van der Waals surface area contributed by atoms with Crippen LogP contribution in [0.1, 0.15) is 38.3 Å². The first-order valence-electron chi connectivity index (χ1n) is 5.77. The Hall–Kier alpha value is -0.550. The zero-order valence-corrected chi connectivity index (χ0v) is 13.0. The Bertz CT molecular complexity index is 549. The summed E-state index contributed by atoms with van der Waals surface area (Å²) < 4.78 is 30.5. The molecule has 1 aliphatic carbocycles. The van der Waals surface area contributed by atoms with E-state index < -0.39 is 15.7 Å². The van der Waals surface area contributed by atoms with Crippen LogP contribution in [0.15, 0.2) is 21.0 Å². The third-order valence-electron chi connectivity index (χ3n) is 2.77. The summed E-state index contributed by atoms with van der Waals surface area (Å²) in [6.45, 7) is 5.59. The zero-order chi connectivity index (χ0) is 13.5. The normalized spacial score (nSPS) is 19.1. The van der Waals surface area contributed by atoms with Crippen molar-refractivity contribution >= 4 is 32.6 Å². The first-order chi connectivity index (χ1) is 8.29. The highest BCUT2D eigenvalue weighted by Crippen LogP contribution is 2.29. The van der Waals surface area contributed by atoms with E-state index in [1.165, 1.54) is 6.07 Å². The maximum absolute atomic E-state index is 13.9. The molecule has 1 aliphatic rings. The van der Waals surface area contributed by atoms with Crippen molar-refractivity contribution in [3.8, 4) is 0 Å². The van der Waals surface area contributed by atoms with E-state index in [0.717, 1.165) is 16.5 Å². The molecule has 98 valence electrons. The zero-order valence-electron chi connectivity index (χ0n) is 10.6. The van der Waals surface area contributed by atoms with Crippen molar-refractivity contribution in [2.24, 2.45) is 4.40 Å². The van der Waals surface area contributed by atoms with Crippen LogP contribution in [0.25, 0.3) is 0 Å². The van der Waals surface area contributed by atoms with Gasteiger partial charge in [0.15, 0.2) is 0 Å². The van der Waals surface area contributed by atoms with E-state index >= 15 is 0 Å². The summed E-state index contributed by atoms with van der Waals surface area (Å²) in [6, 6.07) is 3.33. The van der Waals surface area contributed by atoms with Gasteiger partial charge < -0.3 is 0 Å². The SMILES string of the molecule is CC(C)(C)[S@](=O)N=C1CCc2cc(Br)cc(F)c21. The summed E-state index contributed by atoms with van der Waals surface area (Å²) in [5.41, 5.74) is 2.10. The monoisotopic (exact) mass is 331 g/mol. The van der Waals surface area contributed by atoms with Crippen LogP contribution in [0, 0.1) is 5.82 Å². The fourth-order valence-electron chi connectivity index (χ4n) is 1.85. The first-order valence-corrected chi connectivity index (χ1v) is 7.67. The third-order valence-corrected chi connectivity index (χ3v) is 4.67. The summed E-state index contributed by atoms with van der Waals surface area (Å²) >= 11 is 3.28. The summed E-state index contributed by atoms with van der Waals surface area (Å²) in [5.74, 6) is -0.290. The number of halogens is 2. The molecule has 0 aromatic heterocycles. The van der Waals surface area contributed by atoms with Crippen LogP contribution in [0.5, 0.6) is 0 Å². The van der Waals surface area contributed by atoms with Crippen LogP contribution in [0.3, 0.4) is 0 Å². The third kappa shape index (κ3) is 2.72. The second kappa shape index (κ2) is 4.85. The van der Waals surface area contributed by atoms with E-state index in [1.54, 1.807) is 0 Å². The lowest BCUT2D eigenvalue weighted by molar-refractivity contribution is 0.623. The molecule has 0 fully saturated rings. The summed E-state index contributed by atoms with van der Waals surface area (Å²) in [7, 11) is -1.34. The Morgan fingerprint density at radius 3 is 2.61 bits per heavy atom. The highest BCUT2D eigenvalue weighted by atomic mass is 79.9. The maximum atomic E-state index is 13.9. The standard InChI is InChI=1S/C13H15BrFNOS/c1-13(2,3)18(17)16-11-5-4-8-6-9(14)7-10(15)12(8)11/h6-7H,4-5H2,1-3H3/t18-/m0/s1. The van der Waals surface area contributed by atoms with Crippen molar-refractivity contribution in [1.29, 1.82) is 0 Å². The van der Waals surface area contributed by atoms with Gasteiger partial charge in [0.1, 0.15) is 16.8 Å². The number of hydrogen-bond acceptors (Lipinski definition) is 1. The van der Waals surface area contributed by atoms with Gasteiger partial charge >= 0.3 is 0 Å². The maximum Gasteiger partial charge on any atom is 0.145 e. The van der Waals surface area contributed by atoms with E-state index in [9.17, 15) is 8.60 Å². The summed E-state index contributed by atoms with van der Waals surface area (Å²) in [5, 5.41) is 0. The minimum atomic E-state index is -1.34. The molecule has 2 nitrogen and oxygen atoms in total. The van der Waals surface area contributed by atoms with E-state index in [0.29, 0.717) is 17.7 Å². The molecule has 1 atom stereocenters. The van der Waals surface area contributed by atoms with Gasteiger partial charge in [-0.05, 0) is 51.3 Å². The molecule has 1 aromatic carbocycles. The Balaban J connectivity index is 2.44. The second-order valence-corrected chi connectivity index (χ2v) is 8.14. The second-order valence-electron chi connectivity index (χ2n) is 5.32. The average molecular weight is 332 g/mol. The molecule has 0 aliphatic heterocycles. The minimum Gasteiger partial charge on any atom is -0.234 e. The van der Waals surface area contributed by atoms with Gasteiger partial charge in [-0.3, -0.25) is 0 Å².